The van der Waals surface area contributed by atoms with Crippen LogP contribution in [0, 0.1) is 0 Å². The molecular weight excluding hydrogens is 243 g/mol. The molecule has 0 radical (unpaired) electrons. The lowest BCUT2D eigenvalue weighted by Gasteiger charge is -2.19. The van der Waals surface area contributed by atoms with E-state index in [1.54, 1.807) is 0 Å². The summed E-state index contributed by atoms with van der Waals surface area (Å²) in [6.07, 6.45) is -2.87. The zero-order valence-electron chi connectivity index (χ0n) is 10.2. The van der Waals surface area contributed by atoms with E-state index in [2.05, 4.69) is 5.32 Å². The molecule has 1 aromatic carbocycles. The Bertz CT molecular complexity index is 417. The molecule has 1 heterocycles. The largest absolute Gasteiger partial charge is 0.493 e. The molecule has 0 fully saturated rings. The Labute approximate surface area is 104 Å². The van der Waals surface area contributed by atoms with Gasteiger partial charge in [0.2, 0.25) is 0 Å². The highest BCUT2D eigenvalue weighted by molar-refractivity contribution is 5.39. The van der Waals surface area contributed by atoms with Crippen LogP contribution in [0.5, 0.6) is 5.75 Å². The van der Waals surface area contributed by atoms with Crippen molar-refractivity contribution < 1.29 is 17.9 Å². The maximum atomic E-state index is 12.6. The molecule has 1 aromatic rings. The van der Waals surface area contributed by atoms with Gasteiger partial charge >= 0.3 is 6.18 Å². The molecule has 0 aromatic heterocycles. The number of fused-ring (bicyclic) bond motifs is 1. The van der Waals surface area contributed by atoms with E-state index >= 15 is 0 Å². The number of halogens is 3. The summed E-state index contributed by atoms with van der Waals surface area (Å²) in [6, 6.07) is 4.19. The van der Waals surface area contributed by atoms with Crippen LogP contribution in [0.2, 0.25) is 0 Å². The van der Waals surface area contributed by atoms with Crippen molar-refractivity contribution in [1.29, 1.82) is 0 Å². The average molecular weight is 259 g/mol. The Hall–Kier alpha value is -1.23. The van der Waals surface area contributed by atoms with Crippen LogP contribution in [0.3, 0.4) is 0 Å². The predicted molar refractivity (Wildman–Crippen MR) is 62.9 cm³/mol. The molecule has 1 unspecified atom stereocenters. The lowest BCUT2D eigenvalue weighted by molar-refractivity contribution is -0.155. The second-order valence-corrected chi connectivity index (χ2v) is 4.46. The van der Waals surface area contributed by atoms with Crippen molar-refractivity contribution in [2.45, 2.75) is 31.5 Å². The molecular formula is C13H16F3NO. The van der Waals surface area contributed by atoms with Crippen LogP contribution in [0.25, 0.3) is 0 Å². The smallest absolute Gasteiger partial charge is 0.403 e. The number of hydrogen-bond donors (Lipinski definition) is 1. The standard InChI is InChI=1S/C13H16F3NO/c1-17-12(13(14,15)16)5-3-9-2-4-11-10(8-9)6-7-18-11/h2,4,8,12,17H,3,5-7H2,1H3. The third-order valence-corrected chi connectivity index (χ3v) is 3.22. The molecule has 18 heavy (non-hydrogen) atoms. The molecule has 0 bridgehead atoms. The Kier molecular flexibility index (Phi) is 3.80. The summed E-state index contributed by atoms with van der Waals surface area (Å²) in [6.45, 7) is 0.667. The minimum Gasteiger partial charge on any atom is -0.493 e. The van der Waals surface area contributed by atoms with E-state index in [0.29, 0.717) is 13.0 Å². The maximum Gasteiger partial charge on any atom is 0.403 e. The Balaban J connectivity index is 1.98. The van der Waals surface area contributed by atoms with E-state index in [9.17, 15) is 13.2 Å². The van der Waals surface area contributed by atoms with Gasteiger partial charge in [0.15, 0.2) is 0 Å². The third kappa shape index (κ3) is 2.96. The van der Waals surface area contributed by atoms with Crippen molar-refractivity contribution >= 4 is 0 Å². The molecule has 0 amide bonds. The Morgan fingerprint density at radius 1 is 1.39 bits per heavy atom. The minimum atomic E-state index is -4.19. The second-order valence-electron chi connectivity index (χ2n) is 4.46. The molecule has 100 valence electrons. The van der Waals surface area contributed by atoms with Crippen LogP contribution in [-0.4, -0.2) is 25.9 Å². The number of rotatable bonds is 4. The zero-order chi connectivity index (χ0) is 13.2. The van der Waals surface area contributed by atoms with E-state index in [4.69, 9.17) is 4.74 Å². The first-order valence-electron chi connectivity index (χ1n) is 5.99. The van der Waals surface area contributed by atoms with E-state index in [1.807, 2.05) is 18.2 Å². The highest BCUT2D eigenvalue weighted by Gasteiger charge is 2.37. The number of aryl methyl sites for hydroxylation is 1. The summed E-state index contributed by atoms with van der Waals surface area (Å²) in [5.74, 6) is 0.861. The minimum absolute atomic E-state index is 0.0552. The maximum absolute atomic E-state index is 12.6. The van der Waals surface area contributed by atoms with Gasteiger partial charge < -0.3 is 10.1 Å². The molecule has 1 N–H and O–H groups in total. The summed E-state index contributed by atoms with van der Waals surface area (Å²) in [5.41, 5.74) is 2.03. The van der Waals surface area contributed by atoms with Crippen LogP contribution in [0.1, 0.15) is 17.5 Å². The van der Waals surface area contributed by atoms with Gasteiger partial charge in [0.05, 0.1) is 6.61 Å². The van der Waals surface area contributed by atoms with Crippen molar-refractivity contribution in [3.63, 3.8) is 0 Å². The first-order chi connectivity index (χ1) is 8.50. The normalized spacial score (nSPS) is 16.2. The van der Waals surface area contributed by atoms with Crippen molar-refractivity contribution in [1.82, 2.24) is 5.32 Å². The summed E-state index contributed by atoms with van der Waals surface area (Å²) in [4.78, 5) is 0. The Morgan fingerprint density at radius 2 is 2.17 bits per heavy atom. The molecule has 1 aliphatic heterocycles. The average Bonchev–Trinajstić information content (AvgIpc) is 2.75. The summed E-state index contributed by atoms with van der Waals surface area (Å²) >= 11 is 0. The van der Waals surface area contributed by atoms with Gasteiger partial charge in [-0.15, -0.1) is 0 Å². The van der Waals surface area contributed by atoms with Crippen LogP contribution >= 0.6 is 0 Å². The molecule has 2 rings (SSSR count). The van der Waals surface area contributed by atoms with Gasteiger partial charge in [-0.2, -0.15) is 13.2 Å². The highest BCUT2D eigenvalue weighted by Crippen LogP contribution is 2.28. The SMILES string of the molecule is CNC(CCc1ccc2c(c1)CCO2)C(F)(F)F. The van der Waals surface area contributed by atoms with Crippen molar-refractivity contribution in [3.05, 3.63) is 29.3 Å². The fourth-order valence-electron chi connectivity index (χ4n) is 2.18. The number of alkyl halides is 3. The molecule has 0 spiro atoms. The number of nitrogens with one attached hydrogen (secondary N) is 1. The van der Waals surface area contributed by atoms with Gasteiger partial charge in [0, 0.05) is 6.42 Å². The fraction of sp³-hybridized carbons (Fsp3) is 0.538. The molecule has 0 saturated carbocycles. The van der Waals surface area contributed by atoms with Crippen molar-refractivity contribution in [3.8, 4) is 5.75 Å². The lowest BCUT2D eigenvalue weighted by Crippen LogP contribution is -2.40. The van der Waals surface area contributed by atoms with Crippen LogP contribution < -0.4 is 10.1 Å². The predicted octanol–water partition coefficient (Wildman–Crippen LogP) is 2.70. The van der Waals surface area contributed by atoms with Gasteiger partial charge in [-0.05, 0) is 37.1 Å². The van der Waals surface area contributed by atoms with Crippen molar-refractivity contribution in [2.75, 3.05) is 13.7 Å². The van der Waals surface area contributed by atoms with Gasteiger partial charge in [-0.3, -0.25) is 0 Å². The van der Waals surface area contributed by atoms with Crippen molar-refractivity contribution in [2.24, 2.45) is 0 Å². The number of hydrogen-bond acceptors (Lipinski definition) is 2. The first-order valence-corrected chi connectivity index (χ1v) is 5.99. The molecule has 0 aliphatic carbocycles. The monoisotopic (exact) mass is 259 g/mol. The molecule has 1 aliphatic rings. The number of ether oxygens (including phenoxy) is 1. The van der Waals surface area contributed by atoms with Gasteiger partial charge in [-0.1, -0.05) is 12.1 Å². The van der Waals surface area contributed by atoms with E-state index in [0.717, 1.165) is 23.3 Å². The molecule has 2 nitrogen and oxygen atoms in total. The Morgan fingerprint density at radius 3 is 2.83 bits per heavy atom. The van der Waals surface area contributed by atoms with Gasteiger partial charge in [-0.25, -0.2) is 0 Å². The zero-order valence-corrected chi connectivity index (χ0v) is 10.2. The summed E-state index contributed by atoms with van der Waals surface area (Å²) < 4.78 is 43.0. The summed E-state index contributed by atoms with van der Waals surface area (Å²) in [5, 5.41) is 2.31. The van der Waals surface area contributed by atoms with Gasteiger partial charge in [0.25, 0.3) is 0 Å². The molecule has 5 heteroatoms. The van der Waals surface area contributed by atoms with E-state index in [1.165, 1.54) is 7.05 Å². The second kappa shape index (κ2) is 5.18. The highest BCUT2D eigenvalue weighted by atomic mass is 19.4. The van der Waals surface area contributed by atoms with Crippen LogP contribution in [0.4, 0.5) is 13.2 Å². The van der Waals surface area contributed by atoms with Crippen LogP contribution in [0.15, 0.2) is 18.2 Å². The summed E-state index contributed by atoms with van der Waals surface area (Å²) in [7, 11) is 1.34. The third-order valence-electron chi connectivity index (χ3n) is 3.22. The fourth-order valence-corrected chi connectivity index (χ4v) is 2.18. The lowest BCUT2D eigenvalue weighted by atomic mass is 10.0. The quantitative estimate of drug-likeness (QED) is 0.897. The molecule has 1 atom stereocenters. The number of benzene rings is 1. The molecule has 0 saturated heterocycles. The van der Waals surface area contributed by atoms with Crippen LogP contribution in [-0.2, 0) is 12.8 Å². The first kappa shape index (κ1) is 13.2. The topological polar surface area (TPSA) is 21.3 Å². The van der Waals surface area contributed by atoms with E-state index in [-0.39, 0.29) is 6.42 Å². The van der Waals surface area contributed by atoms with Gasteiger partial charge in [0.1, 0.15) is 11.8 Å². The van der Waals surface area contributed by atoms with E-state index < -0.39 is 12.2 Å².